The van der Waals surface area contributed by atoms with Crippen molar-refractivity contribution in [2.24, 2.45) is 7.05 Å². The lowest BCUT2D eigenvalue weighted by Gasteiger charge is -2.21. The molecule has 0 spiro atoms. The van der Waals surface area contributed by atoms with Crippen LogP contribution in [0.5, 0.6) is 5.75 Å². The Morgan fingerprint density at radius 1 is 1.12 bits per heavy atom. The van der Waals surface area contributed by atoms with E-state index >= 15 is 0 Å². The maximum Gasteiger partial charge on any atom is 0.573 e. The first-order chi connectivity index (χ1) is 15.7. The van der Waals surface area contributed by atoms with Crippen LogP contribution in [0, 0.1) is 6.92 Å². The van der Waals surface area contributed by atoms with Crippen LogP contribution in [0.1, 0.15) is 21.6 Å². The van der Waals surface area contributed by atoms with Crippen molar-refractivity contribution < 1.29 is 22.7 Å². The van der Waals surface area contributed by atoms with Gasteiger partial charge in [-0.25, -0.2) is 0 Å². The molecule has 1 amide bonds. The van der Waals surface area contributed by atoms with E-state index in [1.165, 1.54) is 24.3 Å². The van der Waals surface area contributed by atoms with Gasteiger partial charge < -0.3 is 9.64 Å². The summed E-state index contributed by atoms with van der Waals surface area (Å²) in [6.07, 6.45) is -1.24. The van der Waals surface area contributed by atoms with E-state index in [2.05, 4.69) is 20.0 Å². The van der Waals surface area contributed by atoms with E-state index in [4.69, 9.17) is 0 Å². The lowest BCUT2D eigenvalue weighted by molar-refractivity contribution is -0.274. The molecule has 0 atom stereocenters. The van der Waals surface area contributed by atoms with Crippen molar-refractivity contribution in [3.05, 3.63) is 83.8 Å². The number of anilines is 1. The number of hydrogen-bond acceptors (Lipinski definition) is 4. The van der Waals surface area contributed by atoms with Gasteiger partial charge in [0, 0.05) is 30.1 Å². The number of carbonyl (C=O) groups is 1. The summed E-state index contributed by atoms with van der Waals surface area (Å²) in [6.45, 7) is 2.26. The number of hydrogen-bond donors (Lipinski definition) is 1. The first-order valence-corrected chi connectivity index (χ1v) is 9.95. The van der Waals surface area contributed by atoms with Crippen LogP contribution in [-0.2, 0) is 13.6 Å². The SMILES string of the molecule is Cc1ccc(N(Cc2cnn(C)c2)C(=O)c2cc(-c3ccc(OC(F)(F)F)cc3)n[nH]2)cc1. The normalized spacial score (nSPS) is 11.4. The van der Waals surface area contributed by atoms with Crippen LogP contribution in [0.25, 0.3) is 11.3 Å². The molecule has 7 nitrogen and oxygen atoms in total. The van der Waals surface area contributed by atoms with Gasteiger partial charge in [-0.3, -0.25) is 14.6 Å². The number of rotatable bonds is 6. The maximum atomic E-state index is 13.4. The van der Waals surface area contributed by atoms with Crippen LogP contribution >= 0.6 is 0 Å². The average molecular weight is 455 g/mol. The van der Waals surface area contributed by atoms with Crippen LogP contribution in [0.2, 0.25) is 0 Å². The first kappa shape index (κ1) is 22.1. The second-order valence-electron chi connectivity index (χ2n) is 7.49. The Bertz CT molecular complexity index is 1240. The lowest BCUT2D eigenvalue weighted by Crippen LogP contribution is -2.30. The van der Waals surface area contributed by atoms with Gasteiger partial charge >= 0.3 is 6.36 Å². The summed E-state index contributed by atoms with van der Waals surface area (Å²) in [7, 11) is 1.80. The Hall–Kier alpha value is -4.08. The number of ether oxygens (including phenoxy) is 1. The summed E-state index contributed by atoms with van der Waals surface area (Å²) >= 11 is 0. The molecule has 0 aliphatic heterocycles. The van der Waals surface area contributed by atoms with E-state index in [9.17, 15) is 18.0 Å². The van der Waals surface area contributed by atoms with E-state index in [1.54, 1.807) is 28.9 Å². The number of aromatic amines is 1. The maximum absolute atomic E-state index is 13.4. The number of aryl methyl sites for hydroxylation is 2. The van der Waals surface area contributed by atoms with Gasteiger partial charge in [-0.15, -0.1) is 13.2 Å². The molecule has 4 rings (SSSR count). The highest BCUT2D eigenvalue weighted by molar-refractivity contribution is 6.05. The largest absolute Gasteiger partial charge is 0.573 e. The van der Waals surface area contributed by atoms with Gasteiger partial charge in [0.05, 0.1) is 18.4 Å². The number of amides is 1. The van der Waals surface area contributed by atoms with E-state index in [-0.39, 0.29) is 17.4 Å². The van der Waals surface area contributed by atoms with Gasteiger partial charge in [0.2, 0.25) is 0 Å². The Labute approximate surface area is 187 Å². The van der Waals surface area contributed by atoms with Crippen molar-refractivity contribution in [2.45, 2.75) is 19.8 Å². The van der Waals surface area contributed by atoms with Crippen molar-refractivity contribution in [2.75, 3.05) is 4.90 Å². The molecule has 0 radical (unpaired) electrons. The Balaban J connectivity index is 1.59. The third-order valence-electron chi connectivity index (χ3n) is 4.88. The summed E-state index contributed by atoms with van der Waals surface area (Å²) in [5, 5.41) is 11.1. The molecule has 1 N–H and O–H groups in total. The van der Waals surface area contributed by atoms with Gasteiger partial charge in [-0.2, -0.15) is 10.2 Å². The average Bonchev–Trinajstić information content (AvgIpc) is 3.41. The van der Waals surface area contributed by atoms with Crippen LogP contribution in [-0.4, -0.2) is 32.2 Å². The molecular formula is C23H20F3N5O2. The molecule has 2 aromatic carbocycles. The van der Waals surface area contributed by atoms with Gasteiger partial charge in [0.1, 0.15) is 11.4 Å². The zero-order valence-electron chi connectivity index (χ0n) is 17.8. The lowest BCUT2D eigenvalue weighted by atomic mass is 10.1. The van der Waals surface area contributed by atoms with Gasteiger partial charge in [-0.05, 0) is 49.4 Å². The van der Waals surface area contributed by atoms with Gasteiger partial charge in [0.15, 0.2) is 0 Å². The van der Waals surface area contributed by atoms with Crippen molar-refractivity contribution in [3.8, 4) is 17.0 Å². The molecular weight excluding hydrogens is 435 g/mol. The first-order valence-electron chi connectivity index (χ1n) is 9.95. The fourth-order valence-corrected chi connectivity index (χ4v) is 3.29. The summed E-state index contributed by atoms with van der Waals surface area (Å²) in [4.78, 5) is 15.0. The minimum Gasteiger partial charge on any atom is -0.406 e. The summed E-state index contributed by atoms with van der Waals surface area (Å²) < 4.78 is 42.6. The zero-order valence-corrected chi connectivity index (χ0v) is 17.8. The van der Waals surface area contributed by atoms with Crippen molar-refractivity contribution >= 4 is 11.6 Å². The van der Waals surface area contributed by atoms with Gasteiger partial charge in [0.25, 0.3) is 5.91 Å². The summed E-state index contributed by atoms with van der Waals surface area (Å²) in [5.41, 5.74) is 3.82. The van der Waals surface area contributed by atoms with Gasteiger partial charge in [-0.1, -0.05) is 17.7 Å². The molecule has 0 aliphatic rings. The third-order valence-corrected chi connectivity index (χ3v) is 4.88. The zero-order chi connectivity index (χ0) is 23.6. The number of nitrogens with one attached hydrogen (secondary N) is 1. The molecule has 33 heavy (non-hydrogen) atoms. The van der Waals surface area contributed by atoms with E-state index in [1.807, 2.05) is 37.4 Å². The van der Waals surface area contributed by atoms with E-state index < -0.39 is 6.36 Å². The predicted octanol–water partition coefficient (Wildman–Crippen LogP) is 4.86. The minimum atomic E-state index is -4.76. The molecule has 0 unspecified atom stereocenters. The van der Waals surface area contributed by atoms with E-state index in [0.29, 0.717) is 23.5 Å². The third kappa shape index (κ3) is 5.40. The second-order valence-corrected chi connectivity index (χ2v) is 7.49. The summed E-state index contributed by atoms with van der Waals surface area (Å²) in [5.74, 6) is -0.640. The molecule has 0 saturated carbocycles. The molecule has 10 heteroatoms. The molecule has 0 fully saturated rings. The minimum absolute atomic E-state index is 0.241. The Kier molecular flexibility index (Phi) is 5.91. The highest BCUT2D eigenvalue weighted by Crippen LogP contribution is 2.27. The number of benzene rings is 2. The summed E-state index contributed by atoms with van der Waals surface area (Å²) in [6, 6.07) is 14.4. The molecule has 0 bridgehead atoms. The van der Waals surface area contributed by atoms with Crippen molar-refractivity contribution in [3.63, 3.8) is 0 Å². The van der Waals surface area contributed by atoms with Crippen molar-refractivity contribution in [1.29, 1.82) is 0 Å². The molecule has 2 heterocycles. The topological polar surface area (TPSA) is 76.0 Å². The van der Waals surface area contributed by atoms with Crippen LogP contribution in [0.3, 0.4) is 0 Å². The number of carbonyl (C=O) groups excluding carboxylic acids is 1. The van der Waals surface area contributed by atoms with E-state index in [0.717, 1.165) is 11.1 Å². The monoisotopic (exact) mass is 455 g/mol. The Morgan fingerprint density at radius 3 is 2.42 bits per heavy atom. The predicted molar refractivity (Wildman–Crippen MR) is 116 cm³/mol. The molecule has 0 saturated heterocycles. The Morgan fingerprint density at radius 2 is 1.82 bits per heavy atom. The standard InChI is InChI=1S/C23H20F3N5O2/c1-15-3-7-18(8-4-15)31(14-16-12-27-30(2)13-16)22(32)21-11-20(28-29-21)17-5-9-19(10-6-17)33-23(24,25)26/h3-13H,14H2,1-2H3,(H,28,29). The molecule has 2 aromatic heterocycles. The number of halogens is 3. The second kappa shape index (κ2) is 8.81. The molecule has 170 valence electrons. The molecule has 4 aromatic rings. The quantitative estimate of drug-likeness (QED) is 0.450. The highest BCUT2D eigenvalue weighted by Gasteiger charge is 2.31. The highest BCUT2D eigenvalue weighted by atomic mass is 19.4. The number of H-pyrrole nitrogens is 1. The number of aromatic nitrogens is 4. The number of nitrogens with zero attached hydrogens (tertiary/aromatic N) is 4. The smallest absolute Gasteiger partial charge is 0.406 e. The fourth-order valence-electron chi connectivity index (χ4n) is 3.29. The molecule has 0 aliphatic carbocycles. The van der Waals surface area contributed by atoms with Crippen molar-refractivity contribution in [1.82, 2.24) is 20.0 Å². The van der Waals surface area contributed by atoms with Crippen LogP contribution < -0.4 is 9.64 Å². The number of alkyl halides is 3. The van der Waals surface area contributed by atoms with Crippen LogP contribution in [0.15, 0.2) is 67.0 Å². The van der Waals surface area contributed by atoms with Crippen LogP contribution in [0.4, 0.5) is 18.9 Å². The fraction of sp³-hybridized carbons (Fsp3) is 0.174.